The summed E-state index contributed by atoms with van der Waals surface area (Å²) in [5.74, 6) is -1.40. The van der Waals surface area contributed by atoms with E-state index in [2.05, 4.69) is 38.6 Å². The summed E-state index contributed by atoms with van der Waals surface area (Å²) in [5, 5.41) is 21.5. The highest BCUT2D eigenvalue weighted by atomic mass is 28.4. The van der Waals surface area contributed by atoms with Crippen LogP contribution in [-0.2, 0) is 18.8 Å². The molecule has 1 saturated carbocycles. The smallest absolute Gasteiger partial charge is 0.316 e. The lowest BCUT2D eigenvalue weighted by Crippen LogP contribution is -2.46. The van der Waals surface area contributed by atoms with Gasteiger partial charge in [0.15, 0.2) is 8.32 Å². The highest BCUT2D eigenvalue weighted by Crippen LogP contribution is 2.45. The van der Waals surface area contributed by atoms with Gasteiger partial charge in [-0.2, -0.15) is 0 Å². The van der Waals surface area contributed by atoms with E-state index < -0.39 is 25.8 Å². The van der Waals surface area contributed by atoms with Crippen molar-refractivity contribution in [2.45, 2.75) is 116 Å². The van der Waals surface area contributed by atoms with Crippen LogP contribution < -0.4 is 0 Å². The number of methoxy groups -OCH3 is 1. The average molecular weight is 511 g/mol. The SMILES string of the molecule is COC(=O)CC=CC[C@@H](O)[C@](C=CCCCCCCO[Si](C)(C)C(C)(C)C)(C(=O)O)C1CCCC1. The van der Waals surface area contributed by atoms with E-state index in [0.29, 0.717) is 0 Å². The molecule has 1 fully saturated rings. The fourth-order valence-electron chi connectivity index (χ4n) is 4.53. The molecule has 6 nitrogen and oxygen atoms in total. The van der Waals surface area contributed by atoms with Gasteiger partial charge in [-0.25, -0.2) is 0 Å². The van der Waals surface area contributed by atoms with Gasteiger partial charge in [0.25, 0.3) is 0 Å². The monoisotopic (exact) mass is 510 g/mol. The largest absolute Gasteiger partial charge is 0.481 e. The number of allylic oxidation sites excluding steroid dienone is 1. The number of unbranched alkanes of at least 4 members (excludes halogenated alkanes) is 4. The molecule has 0 heterocycles. The number of carboxylic acid groups (broad SMARTS) is 1. The van der Waals surface area contributed by atoms with Crippen LogP contribution in [0.2, 0.25) is 18.1 Å². The summed E-state index contributed by atoms with van der Waals surface area (Å²) < 4.78 is 10.9. The zero-order valence-electron chi connectivity index (χ0n) is 23.0. The third-order valence-corrected chi connectivity index (χ3v) is 12.5. The minimum atomic E-state index is -1.68. The summed E-state index contributed by atoms with van der Waals surface area (Å²) in [6, 6.07) is 0. The van der Waals surface area contributed by atoms with Gasteiger partial charge in [-0.15, -0.1) is 0 Å². The Balaban J connectivity index is 2.62. The normalized spacial score (nSPS) is 18.3. The fraction of sp³-hybridized carbons (Fsp3) is 0.786. The second-order valence-corrected chi connectivity index (χ2v) is 16.2. The first-order valence-corrected chi connectivity index (χ1v) is 16.2. The van der Waals surface area contributed by atoms with Crippen molar-refractivity contribution in [3.8, 4) is 0 Å². The molecule has 0 radical (unpaired) electrons. The molecule has 0 aromatic carbocycles. The Morgan fingerprint density at radius 2 is 1.66 bits per heavy atom. The van der Waals surface area contributed by atoms with Crippen molar-refractivity contribution in [3.63, 3.8) is 0 Å². The van der Waals surface area contributed by atoms with E-state index in [4.69, 9.17) is 4.43 Å². The van der Waals surface area contributed by atoms with Crippen molar-refractivity contribution in [1.29, 1.82) is 0 Å². The molecule has 0 amide bonds. The van der Waals surface area contributed by atoms with Gasteiger partial charge >= 0.3 is 11.9 Å². The number of rotatable bonds is 16. The Hall–Kier alpha value is -1.44. The van der Waals surface area contributed by atoms with Gasteiger partial charge in [-0.3, -0.25) is 9.59 Å². The van der Waals surface area contributed by atoms with Gasteiger partial charge in [-0.05, 0) is 62.6 Å². The van der Waals surface area contributed by atoms with Gasteiger partial charge < -0.3 is 19.4 Å². The summed E-state index contributed by atoms with van der Waals surface area (Å²) in [6.45, 7) is 12.1. The Bertz CT molecular complexity index is 703. The molecule has 2 N–H and O–H groups in total. The van der Waals surface area contributed by atoms with Crippen molar-refractivity contribution in [3.05, 3.63) is 24.3 Å². The number of aliphatic hydroxyl groups is 1. The second kappa shape index (κ2) is 15.0. The first-order chi connectivity index (χ1) is 16.4. The number of ether oxygens (including phenoxy) is 1. The molecule has 0 aromatic heterocycles. The molecule has 0 unspecified atom stereocenters. The predicted molar refractivity (Wildman–Crippen MR) is 144 cm³/mol. The summed E-state index contributed by atoms with van der Waals surface area (Å²) in [7, 11) is -0.352. The van der Waals surface area contributed by atoms with Gasteiger partial charge in [0.2, 0.25) is 0 Å². The van der Waals surface area contributed by atoms with Gasteiger partial charge in [0.1, 0.15) is 5.41 Å². The lowest BCUT2D eigenvalue weighted by molar-refractivity contribution is -0.156. The Kier molecular flexibility index (Phi) is 13.5. The quantitative estimate of drug-likeness (QED) is 0.105. The Morgan fingerprint density at radius 3 is 2.23 bits per heavy atom. The Labute approximate surface area is 214 Å². The molecular formula is C28H50O6Si. The molecule has 0 aromatic rings. The highest BCUT2D eigenvalue weighted by Gasteiger charge is 2.49. The van der Waals surface area contributed by atoms with Crippen LogP contribution >= 0.6 is 0 Å². The van der Waals surface area contributed by atoms with E-state index in [1.165, 1.54) is 7.11 Å². The lowest BCUT2D eigenvalue weighted by atomic mass is 9.68. The van der Waals surface area contributed by atoms with Crippen LogP contribution in [0.5, 0.6) is 0 Å². The number of esters is 1. The molecule has 0 saturated heterocycles. The van der Waals surface area contributed by atoms with Crippen molar-refractivity contribution >= 4 is 20.3 Å². The average Bonchev–Trinajstić information content (AvgIpc) is 3.31. The first-order valence-electron chi connectivity index (χ1n) is 13.3. The summed E-state index contributed by atoms with van der Waals surface area (Å²) >= 11 is 0. The predicted octanol–water partition coefficient (Wildman–Crippen LogP) is 6.65. The third-order valence-electron chi connectivity index (χ3n) is 7.92. The number of aliphatic hydroxyl groups excluding tert-OH is 1. The van der Waals surface area contributed by atoms with Crippen LogP contribution in [0.15, 0.2) is 24.3 Å². The standard InChI is InChI=1S/C28H50O6Si/c1-27(2,3)35(5,6)34-22-16-10-8-7-9-15-21-28(26(31)32,23-17-11-12-18-23)24(29)19-13-14-20-25(30)33-4/h13-15,21,23-24,29H,7-12,16-20,22H2,1-6H3,(H,31,32)/t24-,28-/m1/s1. The topological polar surface area (TPSA) is 93.1 Å². The van der Waals surface area contributed by atoms with Crippen molar-refractivity contribution in [2.75, 3.05) is 13.7 Å². The molecule has 1 aliphatic rings. The molecule has 35 heavy (non-hydrogen) atoms. The fourth-order valence-corrected chi connectivity index (χ4v) is 5.62. The maximum Gasteiger partial charge on any atom is 0.316 e. The zero-order chi connectivity index (χ0) is 26.5. The highest BCUT2D eigenvalue weighted by molar-refractivity contribution is 6.74. The summed E-state index contributed by atoms with van der Waals surface area (Å²) in [6.07, 6.45) is 15.0. The summed E-state index contributed by atoms with van der Waals surface area (Å²) in [5.41, 5.74) is -1.29. The van der Waals surface area contributed by atoms with E-state index >= 15 is 0 Å². The van der Waals surface area contributed by atoms with E-state index in [-0.39, 0.29) is 29.8 Å². The third kappa shape index (κ3) is 9.85. The number of carbonyl (C=O) groups is 2. The molecule has 2 atom stereocenters. The zero-order valence-corrected chi connectivity index (χ0v) is 24.0. The van der Waals surface area contributed by atoms with Gasteiger partial charge in [0, 0.05) is 6.61 Å². The molecule has 0 spiro atoms. The maximum absolute atomic E-state index is 12.5. The van der Waals surface area contributed by atoms with Gasteiger partial charge in [0.05, 0.1) is 19.6 Å². The van der Waals surface area contributed by atoms with Crippen LogP contribution in [-0.4, -0.2) is 50.3 Å². The van der Waals surface area contributed by atoms with Crippen LogP contribution in [0.25, 0.3) is 0 Å². The second-order valence-electron chi connectivity index (χ2n) is 11.4. The number of hydrogen-bond acceptors (Lipinski definition) is 5. The van der Waals surface area contributed by atoms with E-state index in [1.54, 1.807) is 18.2 Å². The summed E-state index contributed by atoms with van der Waals surface area (Å²) in [4.78, 5) is 23.8. The lowest BCUT2D eigenvalue weighted by Gasteiger charge is -2.36. The number of carbonyl (C=O) groups excluding carboxylic acids is 1. The van der Waals surface area contributed by atoms with Crippen molar-refractivity contribution in [2.24, 2.45) is 11.3 Å². The van der Waals surface area contributed by atoms with Crippen LogP contribution in [0, 0.1) is 11.3 Å². The van der Waals surface area contributed by atoms with E-state index in [1.807, 2.05) is 6.08 Å². The number of carboxylic acids is 1. The molecule has 0 aliphatic heterocycles. The van der Waals surface area contributed by atoms with Crippen molar-refractivity contribution < 1.29 is 29.0 Å². The minimum absolute atomic E-state index is 0.0762. The number of hydrogen-bond donors (Lipinski definition) is 2. The molecule has 0 bridgehead atoms. The molecular weight excluding hydrogens is 460 g/mol. The maximum atomic E-state index is 12.5. The van der Waals surface area contributed by atoms with E-state index in [0.717, 1.165) is 64.4 Å². The first kappa shape index (κ1) is 31.6. The van der Waals surface area contributed by atoms with Crippen LogP contribution in [0.1, 0.15) is 91.4 Å². The van der Waals surface area contributed by atoms with Crippen LogP contribution in [0.4, 0.5) is 0 Å². The minimum Gasteiger partial charge on any atom is -0.481 e. The molecule has 202 valence electrons. The van der Waals surface area contributed by atoms with E-state index in [9.17, 15) is 19.8 Å². The molecule has 7 heteroatoms. The molecule has 1 rings (SSSR count). The van der Waals surface area contributed by atoms with Crippen LogP contribution in [0.3, 0.4) is 0 Å². The Morgan fingerprint density at radius 1 is 1.03 bits per heavy atom. The molecule has 1 aliphatic carbocycles. The van der Waals surface area contributed by atoms with Crippen molar-refractivity contribution in [1.82, 2.24) is 0 Å². The number of aliphatic carboxylic acids is 1. The van der Waals surface area contributed by atoms with Gasteiger partial charge in [-0.1, -0.05) is 70.8 Å².